The number of carbonyl (C=O) groups is 2. The van der Waals surface area contributed by atoms with E-state index < -0.39 is 18.6 Å². The summed E-state index contributed by atoms with van der Waals surface area (Å²) in [4.78, 5) is 24.1. The molecule has 2 aromatic rings. The number of aromatic hydroxyl groups is 1. The van der Waals surface area contributed by atoms with Crippen molar-refractivity contribution >= 4 is 17.6 Å². The summed E-state index contributed by atoms with van der Waals surface area (Å²) in [5, 5.41) is 34.2. The average molecular weight is 413 g/mol. The third kappa shape index (κ3) is 7.53. The second-order valence-electron chi connectivity index (χ2n) is 6.71. The molecule has 160 valence electrons. The summed E-state index contributed by atoms with van der Waals surface area (Å²) in [6.07, 6.45) is 0.600. The second-order valence-corrected chi connectivity index (χ2v) is 6.71. The Hall–Kier alpha value is -3.43. The number of nitrogens with one attached hydrogen (secondary N) is 4. The van der Waals surface area contributed by atoms with Crippen molar-refractivity contribution in [3.63, 3.8) is 0 Å². The molecule has 0 aliphatic heterocycles. The monoisotopic (exact) mass is 413 g/mol. The van der Waals surface area contributed by atoms with Crippen LogP contribution in [0, 0.1) is 5.41 Å². The van der Waals surface area contributed by atoms with Crippen LogP contribution >= 0.6 is 0 Å². The number of nitrogens with two attached hydrogens (primary N) is 1. The molecular formula is C21H27N5O4. The summed E-state index contributed by atoms with van der Waals surface area (Å²) in [7, 11) is 0. The van der Waals surface area contributed by atoms with Gasteiger partial charge in [0.15, 0.2) is 0 Å². The molecule has 1 atom stereocenters. The predicted octanol–water partition coefficient (Wildman–Crippen LogP) is -0.398. The number of aliphatic hydroxyl groups is 1. The van der Waals surface area contributed by atoms with Crippen LogP contribution in [0.2, 0.25) is 0 Å². The van der Waals surface area contributed by atoms with Crippen LogP contribution in [0.3, 0.4) is 0 Å². The SMILES string of the molecule is N=C(N)c1ccc(CNC(CO)C(=O)NCC(=O)NCCc2ccc(O)cc2)cc1. The Bertz CT molecular complexity index is 853. The lowest BCUT2D eigenvalue weighted by Gasteiger charge is -2.16. The zero-order chi connectivity index (χ0) is 21.9. The van der Waals surface area contributed by atoms with Crippen molar-refractivity contribution in [3.05, 3.63) is 65.2 Å². The van der Waals surface area contributed by atoms with Gasteiger partial charge in [-0.15, -0.1) is 0 Å². The van der Waals surface area contributed by atoms with Crippen LogP contribution in [-0.4, -0.2) is 53.6 Å². The molecule has 0 aromatic heterocycles. The van der Waals surface area contributed by atoms with E-state index >= 15 is 0 Å². The molecule has 0 spiro atoms. The Labute approximate surface area is 174 Å². The van der Waals surface area contributed by atoms with Gasteiger partial charge in [-0.1, -0.05) is 36.4 Å². The number of amidine groups is 1. The molecule has 2 rings (SSSR count). The number of phenolic OH excluding ortho intramolecular Hbond substituents is 1. The first-order valence-electron chi connectivity index (χ1n) is 9.49. The first kappa shape index (κ1) is 22.9. The van der Waals surface area contributed by atoms with E-state index in [2.05, 4.69) is 16.0 Å². The Morgan fingerprint density at radius 3 is 2.23 bits per heavy atom. The van der Waals surface area contributed by atoms with E-state index in [0.717, 1.165) is 11.1 Å². The molecule has 0 fully saturated rings. The summed E-state index contributed by atoms with van der Waals surface area (Å²) in [5.74, 6) is -0.653. The predicted molar refractivity (Wildman–Crippen MR) is 113 cm³/mol. The Kier molecular flexibility index (Phi) is 8.79. The van der Waals surface area contributed by atoms with E-state index in [-0.39, 0.29) is 24.0 Å². The van der Waals surface area contributed by atoms with Gasteiger partial charge in [0, 0.05) is 18.7 Å². The molecule has 2 aromatic carbocycles. The zero-order valence-corrected chi connectivity index (χ0v) is 16.5. The third-order valence-electron chi connectivity index (χ3n) is 4.41. The number of phenols is 1. The van der Waals surface area contributed by atoms with Crippen LogP contribution in [-0.2, 0) is 22.6 Å². The molecule has 0 aliphatic rings. The molecule has 0 heterocycles. The first-order valence-corrected chi connectivity index (χ1v) is 9.49. The zero-order valence-electron chi connectivity index (χ0n) is 16.5. The third-order valence-corrected chi connectivity index (χ3v) is 4.41. The molecule has 0 bridgehead atoms. The fraction of sp³-hybridized carbons (Fsp3) is 0.286. The molecule has 8 N–H and O–H groups in total. The van der Waals surface area contributed by atoms with Gasteiger partial charge in [-0.25, -0.2) is 0 Å². The van der Waals surface area contributed by atoms with Crippen LogP contribution in [0.1, 0.15) is 16.7 Å². The Morgan fingerprint density at radius 1 is 1.00 bits per heavy atom. The number of amides is 2. The lowest BCUT2D eigenvalue weighted by atomic mass is 10.1. The largest absolute Gasteiger partial charge is 0.508 e. The van der Waals surface area contributed by atoms with Gasteiger partial charge in [0.2, 0.25) is 11.8 Å². The standard InChI is InChI=1S/C21H27N5O4/c22-20(23)16-5-1-15(2-6-16)11-25-18(13-27)21(30)26-12-19(29)24-10-9-14-3-7-17(28)8-4-14/h1-8,18,25,27-28H,9-13H2,(H3,22,23)(H,24,29)(H,26,30). The van der Waals surface area contributed by atoms with Gasteiger partial charge in [-0.3, -0.25) is 20.3 Å². The van der Waals surface area contributed by atoms with Crippen molar-refractivity contribution in [1.29, 1.82) is 5.41 Å². The molecule has 2 amide bonds. The average Bonchev–Trinajstić information content (AvgIpc) is 2.74. The quantitative estimate of drug-likeness (QED) is 0.196. The van der Waals surface area contributed by atoms with Gasteiger partial charge in [-0.2, -0.15) is 0 Å². The van der Waals surface area contributed by atoms with Crippen LogP contribution in [0.4, 0.5) is 0 Å². The van der Waals surface area contributed by atoms with Gasteiger partial charge in [0.05, 0.1) is 13.2 Å². The van der Waals surface area contributed by atoms with Gasteiger partial charge in [-0.05, 0) is 29.7 Å². The number of hydrogen-bond donors (Lipinski definition) is 7. The number of nitrogen functional groups attached to an aromatic ring is 1. The second kappa shape index (κ2) is 11.5. The summed E-state index contributed by atoms with van der Waals surface area (Å²) in [5.41, 5.74) is 7.84. The van der Waals surface area contributed by atoms with Gasteiger partial charge < -0.3 is 26.6 Å². The molecule has 0 radical (unpaired) electrons. The van der Waals surface area contributed by atoms with Crippen LogP contribution in [0.15, 0.2) is 48.5 Å². The fourth-order valence-electron chi connectivity index (χ4n) is 2.65. The molecule has 1 unspecified atom stereocenters. The maximum Gasteiger partial charge on any atom is 0.239 e. The number of hydrogen-bond acceptors (Lipinski definition) is 6. The number of aliphatic hydroxyl groups excluding tert-OH is 1. The minimum atomic E-state index is -0.859. The highest BCUT2D eigenvalue weighted by atomic mass is 16.3. The van der Waals surface area contributed by atoms with Crippen LogP contribution in [0.5, 0.6) is 5.75 Å². The molecule has 30 heavy (non-hydrogen) atoms. The minimum absolute atomic E-state index is 0.0246. The summed E-state index contributed by atoms with van der Waals surface area (Å²) in [6, 6.07) is 12.8. The molecular weight excluding hydrogens is 386 g/mol. The van der Waals surface area contributed by atoms with E-state index in [4.69, 9.17) is 11.1 Å². The van der Waals surface area contributed by atoms with Crippen molar-refractivity contribution < 1.29 is 19.8 Å². The van der Waals surface area contributed by atoms with E-state index in [9.17, 15) is 19.8 Å². The highest BCUT2D eigenvalue weighted by Crippen LogP contribution is 2.09. The van der Waals surface area contributed by atoms with Crippen molar-refractivity contribution in [3.8, 4) is 5.75 Å². The summed E-state index contributed by atoms with van der Waals surface area (Å²) in [6.45, 7) is 0.118. The topological polar surface area (TPSA) is 161 Å². The number of rotatable bonds is 11. The van der Waals surface area contributed by atoms with Crippen LogP contribution < -0.4 is 21.7 Å². The molecule has 9 heteroatoms. The van der Waals surface area contributed by atoms with Gasteiger partial charge in [0.25, 0.3) is 0 Å². The Balaban J connectivity index is 1.70. The van der Waals surface area contributed by atoms with E-state index in [1.54, 1.807) is 48.5 Å². The maximum absolute atomic E-state index is 12.2. The van der Waals surface area contributed by atoms with Crippen molar-refractivity contribution in [2.75, 3.05) is 19.7 Å². The molecule has 0 saturated heterocycles. The minimum Gasteiger partial charge on any atom is -0.508 e. The summed E-state index contributed by atoms with van der Waals surface area (Å²) >= 11 is 0. The van der Waals surface area contributed by atoms with Crippen molar-refractivity contribution in [2.45, 2.75) is 19.0 Å². The smallest absolute Gasteiger partial charge is 0.239 e. The van der Waals surface area contributed by atoms with E-state index in [1.165, 1.54) is 0 Å². The van der Waals surface area contributed by atoms with Crippen molar-refractivity contribution in [1.82, 2.24) is 16.0 Å². The lowest BCUT2D eigenvalue weighted by molar-refractivity contribution is -0.128. The molecule has 9 nitrogen and oxygen atoms in total. The summed E-state index contributed by atoms with van der Waals surface area (Å²) < 4.78 is 0. The molecule has 0 aliphatic carbocycles. The maximum atomic E-state index is 12.2. The van der Waals surface area contributed by atoms with E-state index in [1.807, 2.05) is 0 Å². The lowest BCUT2D eigenvalue weighted by Crippen LogP contribution is -2.48. The fourth-order valence-corrected chi connectivity index (χ4v) is 2.65. The normalized spacial score (nSPS) is 11.5. The highest BCUT2D eigenvalue weighted by molar-refractivity contribution is 5.94. The first-order chi connectivity index (χ1) is 14.4. The highest BCUT2D eigenvalue weighted by Gasteiger charge is 2.17. The molecule has 0 saturated carbocycles. The van der Waals surface area contributed by atoms with Gasteiger partial charge in [0.1, 0.15) is 17.6 Å². The number of carbonyl (C=O) groups excluding carboxylic acids is 2. The van der Waals surface area contributed by atoms with Crippen LogP contribution in [0.25, 0.3) is 0 Å². The van der Waals surface area contributed by atoms with Gasteiger partial charge >= 0.3 is 0 Å². The van der Waals surface area contributed by atoms with E-state index in [0.29, 0.717) is 25.1 Å². The number of benzene rings is 2. The van der Waals surface area contributed by atoms with Crippen molar-refractivity contribution in [2.24, 2.45) is 5.73 Å². The Morgan fingerprint density at radius 2 is 1.63 bits per heavy atom.